The highest BCUT2D eigenvalue weighted by Crippen LogP contribution is 2.38. The van der Waals surface area contributed by atoms with Gasteiger partial charge in [0.15, 0.2) is 6.61 Å². The van der Waals surface area contributed by atoms with E-state index in [1.54, 1.807) is 10.7 Å². The van der Waals surface area contributed by atoms with E-state index in [1.807, 2.05) is 53.4 Å². The van der Waals surface area contributed by atoms with E-state index in [1.165, 1.54) is 0 Å². The molecule has 0 N–H and O–H groups in total. The van der Waals surface area contributed by atoms with Crippen molar-refractivity contribution in [2.45, 2.75) is 37.6 Å². The van der Waals surface area contributed by atoms with Crippen LogP contribution < -0.4 is 10.3 Å². The molecular weight excluding hydrogens is 378 g/mol. The number of likely N-dealkylation sites (tertiary alicyclic amines) is 1. The molecule has 0 unspecified atom stereocenters. The van der Waals surface area contributed by atoms with Gasteiger partial charge in [0.1, 0.15) is 5.75 Å². The normalized spacial score (nSPS) is 17.3. The van der Waals surface area contributed by atoms with Crippen LogP contribution in [0.15, 0.2) is 59.4 Å². The zero-order chi connectivity index (χ0) is 20.5. The molecule has 1 saturated heterocycles. The molecule has 1 aromatic heterocycles. The van der Waals surface area contributed by atoms with Crippen LogP contribution in [-0.4, -0.2) is 40.3 Å². The minimum absolute atomic E-state index is 0.0200. The maximum Gasteiger partial charge on any atom is 0.267 e. The Kier molecular flexibility index (Phi) is 4.99. The number of hydrogen-bond acceptors (Lipinski definition) is 4. The largest absolute Gasteiger partial charge is 0.483 e. The molecule has 2 aliphatic rings. The Morgan fingerprint density at radius 3 is 2.53 bits per heavy atom. The van der Waals surface area contributed by atoms with Gasteiger partial charge < -0.3 is 9.64 Å². The maximum absolute atomic E-state index is 12.7. The van der Waals surface area contributed by atoms with Crippen molar-refractivity contribution in [3.8, 4) is 5.75 Å². The fourth-order valence-electron chi connectivity index (χ4n) is 4.21. The van der Waals surface area contributed by atoms with E-state index in [2.05, 4.69) is 5.10 Å². The highest BCUT2D eigenvalue weighted by atomic mass is 16.5. The second kappa shape index (κ2) is 7.94. The van der Waals surface area contributed by atoms with E-state index in [0.29, 0.717) is 19.0 Å². The molecular formula is C24H25N3O3. The van der Waals surface area contributed by atoms with Crippen molar-refractivity contribution in [2.24, 2.45) is 0 Å². The van der Waals surface area contributed by atoms with Crippen LogP contribution in [0.4, 0.5) is 0 Å². The Hall–Kier alpha value is -3.15. The lowest BCUT2D eigenvalue weighted by molar-refractivity contribution is -0.134. The predicted octanol–water partition coefficient (Wildman–Crippen LogP) is 3.52. The second-order valence-electron chi connectivity index (χ2n) is 8.19. The molecule has 0 bridgehead atoms. The van der Waals surface area contributed by atoms with Crippen LogP contribution in [0, 0.1) is 0 Å². The molecule has 154 valence electrons. The Labute approximate surface area is 175 Å². The molecule has 5 rings (SSSR count). The van der Waals surface area contributed by atoms with Gasteiger partial charge in [0.2, 0.25) is 0 Å². The highest BCUT2D eigenvalue weighted by Gasteiger charge is 2.28. The third kappa shape index (κ3) is 3.82. The van der Waals surface area contributed by atoms with Gasteiger partial charge in [0.05, 0.1) is 11.7 Å². The van der Waals surface area contributed by atoms with Crippen molar-refractivity contribution in [2.75, 3.05) is 19.7 Å². The SMILES string of the molecule is O=C(COc1cccc2ccccc12)N1CCC(n2nc(C3CC3)ccc2=O)CC1. The summed E-state index contributed by atoms with van der Waals surface area (Å²) in [5.41, 5.74) is 0.972. The number of carbonyl (C=O) groups excluding carboxylic acids is 1. The lowest BCUT2D eigenvalue weighted by atomic mass is 10.1. The van der Waals surface area contributed by atoms with E-state index in [-0.39, 0.29) is 24.1 Å². The molecule has 3 aromatic rings. The van der Waals surface area contributed by atoms with Crippen LogP contribution in [0.25, 0.3) is 10.8 Å². The average molecular weight is 403 g/mol. The van der Waals surface area contributed by atoms with Crippen LogP contribution in [0.5, 0.6) is 5.75 Å². The van der Waals surface area contributed by atoms with Crippen LogP contribution >= 0.6 is 0 Å². The van der Waals surface area contributed by atoms with E-state index < -0.39 is 0 Å². The first-order chi connectivity index (χ1) is 14.7. The smallest absolute Gasteiger partial charge is 0.267 e. The van der Waals surface area contributed by atoms with Gasteiger partial charge in [-0.2, -0.15) is 5.10 Å². The summed E-state index contributed by atoms with van der Waals surface area (Å²) in [7, 11) is 0. The molecule has 2 heterocycles. The Morgan fingerprint density at radius 1 is 0.967 bits per heavy atom. The first-order valence-corrected chi connectivity index (χ1v) is 10.7. The number of amides is 1. The number of ether oxygens (including phenoxy) is 1. The zero-order valence-electron chi connectivity index (χ0n) is 16.9. The van der Waals surface area contributed by atoms with Gasteiger partial charge >= 0.3 is 0 Å². The number of hydrogen-bond donors (Lipinski definition) is 0. The molecule has 1 aliphatic heterocycles. The summed E-state index contributed by atoms with van der Waals surface area (Å²) >= 11 is 0. The lowest BCUT2D eigenvalue weighted by Crippen LogP contribution is -2.43. The van der Waals surface area contributed by atoms with Crippen molar-refractivity contribution in [3.63, 3.8) is 0 Å². The van der Waals surface area contributed by atoms with Gasteiger partial charge in [0, 0.05) is 30.5 Å². The quantitative estimate of drug-likeness (QED) is 0.654. The summed E-state index contributed by atoms with van der Waals surface area (Å²) in [5, 5.41) is 6.71. The average Bonchev–Trinajstić information content (AvgIpc) is 3.63. The van der Waals surface area contributed by atoms with Gasteiger partial charge in [-0.25, -0.2) is 4.68 Å². The summed E-state index contributed by atoms with van der Waals surface area (Å²) in [5.74, 6) is 1.22. The molecule has 1 aliphatic carbocycles. The number of aromatic nitrogens is 2. The molecule has 6 nitrogen and oxygen atoms in total. The van der Waals surface area contributed by atoms with E-state index in [0.717, 1.165) is 47.9 Å². The molecule has 0 radical (unpaired) electrons. The first kappa shape index (κ1) is 18.9. The summed E-state index contributed by atoms with van der Waals surface area (Å²) in [6.07, 6.45) is 3.80. The second-order valence-corrected chi connectivity index (χ2v) is 8.19. The number of piperidine rings is 1. The van der Waals surface area contributed by atoms with E-state index in [4.69, 9.17) is 4.74 Å². The summed E-state index contributed by atoms with van der Waals surface area (Å²) < 4.78 is 7.50. The number of benzene rings is 2. The van der Waals surface area contributed by atoms with E-state index in [9.17, 15) is 9.59 Å². The summed E-state index contributed by atoms with van der Waals surface area (Å²) in [6, 6.07) is 17.4. The molecule has 6 heteroatoms. The minimum Gasteiger partial charge on any atom is -0.483 e. The monoisotopic (exact) mass is 403 g/mol. The fourth-order valence-corrected chi connectivity index (χ4v) is 4.21. The van der Waals surface area contributed by atoms with Crippen LogP contribution in [0.3, 0.4) is 0 Å². The number of fused-ring (bicyclic) bond motifs is 1. The number of nitrogens with zero attached hydrogens (tertiary/aromatic N) is 3. The van der Waals surface area contributed by atoms with E-state index >= 15 is 0 Å². The third-order valence-electron chi connectivity index (χ3n) is 6.11. The standard InChI is InChI=1S/C24H25N3O3/c28-23-11-10-21(18-8-9-18)25-27(23)19-12-14-26(15-13-19)24(29)16-30-22-7-3-5-17-4-1-2-6-20(17)22/h1-7,10-11,18-19H,8-9,12-16H2. The lowest BCUT2D eigenvalue weighted by Gasteiger charge is -2.32. The number of carbonyl (C=O) groups is 1. The molecule has 0 atom stereocenters. The molecule has 0 spiro atoms. The predicted molar refractivity (Wildman–Crippen MR) is 115 cm³/mol. The summed E-state index contributed by atoms with van der Waals surface area (Å²) in [6.45, 7) is 1.25. The molecule has 1 amide bonds. The van der Waals surface area contributed by atoms with Crippen molar-refractivity contribution in [3.05, 3.63) is 70.6 Å². The third-order valence-corrected chi connectivity index (χ3v) is 6.11. The van der Waals surface area contributed by atoms with Crippen LogP contribution in [0.1, 0.15) is 43.3 Å². The van der Waals surface area contributed by atoms with Crippen LogP contribution in [0.2, 0.25) is 0 Å². The topological polar surface area (TPSA) is 64.4 Å². The molecule has 2 fully saturated rings. The summed E-state index contributed by atoms with van der Waals surface area (Å²) in [4.78, 5) is 26.8. The van der Waals surface area contributed by atoms with Crippen molar-refractivity contribution < 1.29 is 9.53 Å². The molecule has 2 aromatic carbocycles. The Morgan fingerprint density at radius 2 is 1.73 bits per heavy atom. The van der Waals surface area contributed by atoms with Crippen molar-refractivity contribution in [1.82, 2.24) is 14.7 Å². The Bertz CT molecular complexity index is 1120. The van der Waals surface area contributed by atoms with Gasteiger partial charge in [-0.1, -0.05) is 36.4 Å². The van der Waals surface area contributed by atoms with Crippen molar-refractivity contribution >= 4 is 16.7 Å². The van der Waals surface area contributed by atoms with Crippen LogP contribution in [-0.2, 0) is 4.79 Å². The molecule has 30 heavy (non-hydrogen) atoms. The van der Waals surface area contributed by atoms with Gasteiger partial charge in [-0.3, -0.25) is 9.59 Å². The number of rotatable bonds is 5. The highest BCUT2D eigenvalue weighted by molar-refractivity contribution is 5.88. The molecule has 1 saturated carbocycles. The fraction of sp³-hybridized carbons (Fsp3) is 0.375. The maximum atomic E-state index is 12.7. The Balaban J connectivity index is 1.20. The van der Waals surface area contributed by atoms with Gasteiger partial charge in [0.25, 0.3) is 11.5 Å². The minimum atomic E-state index is -0.0523. The van der Waals surface area contributed by atoms with Crippen molar-refractivity contribution in [1.29, 1.82) is 0 Å². The first-order valence-electron chi connectivity index (χ1n) is 10.7. The zero-order valence-corrected chi connectivity index (χ0v) is 16.9. The van der Waals surface area contributed by atoms with Gasteiger partial charge in [-0.15, -0.1) is 0 Å². The van der Waals surface area contributed by atoms with Gasteiger partial charge in [-0.05, 0) is 43.2 Å².